The fourth-order valence-electron chi connectivity index (χ4n) is 2.47. The van der Waals surface area contributed by atoms with E-state index >= 15 is 0 Å². The van der Waals surface area contributed by atoms with Gasteiger partial charge in [-0.2, -0.15) is 9.57 Å². The molecule has 1 fully saturated rings. The lowest BCUT2D eigenvalue weighted by Gasteiger charge is -2.20. The standard InChI is InChI=1S/C16H20N2O4S/c1-13(12-17)22-16(19)14-7-6-8-15(11-14)23(20,21)18-9-4-2-3-5-10-18/h6-8,11,13H,2-5,9-10H2,1H3/t13-/m1/s1. The monoisotopic (exact) mass is 336 g/mol. The van der Waals surface area contributed by atoms with Crippen molar-refractivity contribution in [1.82, 2.24) is 4.31 Å². The summed E-state index contributed by atoms with van der Waals surface area (Å²) in [5.74, 6) is -0.702. The van der Waals surface area contributed by atoms with Crippen molar-refractivity contribution in [3.8, 4) is 6.07 Å². The Hall–Kier alpha value is -1.91. The highest BCUT2D eigenvalue weighted by molar-refractivity contribution is 7.89. The summed E-state index contributed by atoms with van der Waals surface area (Å²) < 4.78 is 31.8. The molecule has 1 aliphatic heterocycles. The van der Waals surface area contributed by atoms with Crippen LogP contribution in [0.5, 0.6) is 0 Å². The van der Waals surface area contributed by atoms with Crippen LogP contribution in [-0.2, 0) is 14.8 Å². The number of hydrogen-bond donors (Lipinski definition) is 0. The highest BCUT2D eigenvalue weighted by Crippen LogP contribution is 2.21. The fraction of sp³-hybridized carbons (Fsp3) is 0.500. The van der Waals surface area contributed by atoms with Crippen molar-refractivity contribution in [3.63, 3.8) is 0 Å². The van der Waals surface area contributed by atoms with Crippen molar-refractivity contribution in [3.05, 3.63) is 29.8 Å². The maximum absolute atomic E-state index is 12.7. The Morgan fingerprint density at radius 1 is 1.26 bits per heavy atom. The summed E-state index contributed by atoms with van der Waals surface area (Å²) in [7, 11) is -3.61. The Bertz CT molecular complexity index is 701. The molecule has 0 radical (unpaired) electrons. The van der Waals surface area contributed by atoms with Gasteiger partial charge in [0.05, 0.1) is 10.5 Å². The average molecular weight is 336 g/mol. The van der Waals surface area contributed by atoms with E-state index in [4.69, 9.17) is 10.00 Å². The molecule has 0 bridgehead atoms. The summed E-state index contributed by atoms with van der Waals surface area (Å²) >= 11 is 0. The topological polar surface area (TPSA) is 87.5 Å². The number of carbonyl (C=O) groups excluding carboxylic acids is 1. The van der Waals surface area contributed by atoms with Gasteiger partial charge < -0.3 is 4.74 Å². The lowest BCUT2D eigenvalue weighted by Crippen LogP contribution is -2.32. The second-order valence-electron chi connectivity index (χ2n) is 5.52. The Balaban J connectivity index is 2.24. The molecule has 1 heterocycles. The predicted molar refractivity (Wildman–Crippen MR) is 84.2 cm³/mol. The van der Waals surface area contributed by atoms with E-state index in [0.29, 0.717) is 13.1 Å². The minimum Gasteiger partial charge on any atom is -0.444 e. The molecule has 2 rings (SSSR count). The zero-order chi connectivity index (χ0) is 16.9. The number of esters is 1. The molecule has 0 unspecified atom stereocenters. The first kappa shape index (κ1) is 17.4. The molecule has 7 heteroatoms. The van der Waals surface area contributed by atoms with Gasteiger partial charge in [0.2, 0.25) is 10.0 Å². The van der Waals surface area contributed by atoms with E-state index in [1.54, 1.807) is 6.07 Å². The molecule has 6 nitrogen and oxygen atoms in total. The molecule has 0 aromatic heterocycles. The molecule has 0 amide bonds. The van der Waals surface area contributed by atoms with E-state index in [1.165, 1.54) is 35.5 Å². The SMILES string of the molecule is C[C@H](C#N)OC(=O)c1cccc(S(=O)(=O)N2CCCCCC2)c1. The van der Waals surface area contributed by atoms with Crippen LogP contribution in [0.4, 0.5) is 0 Å². The van der Waals surface area contributed by atoms with Crippen molar-refractivity contribution in [2.45, 2.75) is 43.6 Å². The number of sulfonamides is 1. The Morgan fingerprint density at radius 2 is 1.91 bits per heavy atom. The zero-order valence-electron chi connectivity index (χ0n) is 13.1. The van der Waals surface area contributed by atoms with E-state index in [0.717, 1.165) is 25.7 Å². The smallest absolute Gasteiger partial charge is 0.339 e. The number of hydrogen-bond acceptors (Lipinski definition) is 5. The van der Waals surface area contributed by atoms with Crippen LogP contribution in [0.15, 0.2) is 29.2 Å². The van der Waals surface area contributed by atoms with Gasteiger partial charge in [-0.25, -0.2) is 13.2 Å². The number of benzene rings is 1. The molecule has 1 saturated heterocycles. The van der Waals surface area contributed by atoms with Crippen LogP contribution in [0.2, 0.25) is 0 Å². The number of ether oxygens (including phenoxy) is 1. The van der Waals surface area contributed by atoms with Crippen molar-refractivity contribution in [1.29, 1.82) is 5.26 Å². The molecule has 1 atom stereocenters. The largest absolute Gasteiger partial charge is 0.444 e. The third-order valence-corrected chi connectivity index (χ3v) is 5.63. The maximum Gasteiger partial charge on any atom is 0.339 e. The summed E-state index contributed by atoms with van der Waals surface area (Å²) in [5.41, 5.74) is 0.128. The van der Waals surface area contributed by atoms with Gasteiger partial charge in [0.1, 0.15) is 6.07 Å². The van der Waals surface area contributed by atoms with Crippen LogP contribution >= 0.6 is 0 Å². The number of nitriles is 1. The van der Waals surface area contributed by atoms with Gasteiger partial charge in [-0.15, -0.1) is 0 Å². The Labute approximate surface area is 136 Å². The molecular formula is C16H20N2O4S. The van der Waals surface area contributed by atoms with E-state index in [9.17, 15) is 13.2 Å². The maximum atomic E-state index is 12.7. The summed E-state index contributed by atoms with van der Waals surface area (Å²) in [6, 6.07) is 7.58. The van der Waals surface area contributed by atoms with Gasteiger partial charge in [-0.3, -0.25) is 0 Å². The molecule has 0 saturated carbocycles. The lowest BCUT2D eigenvalue weighted by atomic mass is 10.2. The summed E-state index contributed by atoms with van der Waals surface area (Å²) in [6.07, 6.45) is 2.88. The summed E-state index contributed by atoms with van der Waals surface area (Å²) in [6.45, 7) is 2.46. The molecular weight excluding hydrogens is 316 g/mol. The van der Waals surface area contributed by atoms with Gasteiger partial charge in [0, 0.05) is 13.1 Å². The molecule has 124 valence electrons. The third kappa shape index (κ3) is 4.30. The van der Waals surface area contributed by atoms with Crippen molar-refractivity contribution >= 4 is 16.0 Å². The van der Waals surface area contributed by atoms with Crippen LogP contribution in [-0.4, -0.2) is 37.9 Å². The van der Waals surface area contributed by atoms with Crippen LogP contribution in [0.1, 0.15) is 43.0 Å². The van der Waals surface area contributed by atoms with Crippen LogP contribution < -0.4 is 0 Å². The molecule has 0 N–H and O–H groups in total. The highest BCUT2D eigenvalue weighted by atomic mass is 32.2. The van der Waals surface area contributed by atoms with Gasteiger partial charge in [-0.05, 0) is 38.0 Å². The van der Waals surface area contributed by atoms with Crippen LogP contribution in [0, 0.1) is 11.3 Å². The fourth-order valence-corrected chi connectivity index (χ4v) is 4.03. The van der Waals surface area contributed by atoms with Crippen molar-refractivity contribution in [2.24, 2.45) is 0 Å². The predicted octanol–water partition coefficient (Wildman–Crippen LogP) is 2.32. The third-order valence-electron chi connectivity index (χ3n) is 3.74. The first-order chi connectivity index (χ1) is 10.9. The van der Waals surface area contributed by atoms with Crippen LogP contribution in [0.3, 0.4) is 0 Å². The first-order valence-corrected chi connectivity index (χ1v) is 9.10. The average Bonchev–Trinajstić information content (AvgIpc) is 2.84. The Morgan fingerprint density at radius 3 is 2.52 bits per heavy atom. The number of nitrogens with zero attached hydrogens (tertiary/aromatic N) is 2. The van der Waals surface area contributed by atoms with E-state index < -0.39 is 22.1 Å². The zero-order valence-corrected chi connectivity index (χ0v) is 13.9. The number of rotatable bonds is 4. The highest BCUT2D eigenvalue weighted by Gasteiger charge is 2.26. The van der Waals surface area contributed by atoms with E-state index in [-0.39, 0.29) is 10.5 Å². The van der Waals surface area contributed by atoms with Crippen molar-refractivity contribution in [2.75, 3.05) is 13.1 Å². The molecule has 1 aliphatic rings. The van der Waals surface area contributed by atoms with Gasteiger partial charge in [0.25, 0.3) is 0 Å². The van der Waals surface area contributed by atoms with Crippen LogP contribution in [0.25, 0.3) is 0 Å². The molecule has 0 aliphatic carbocycles. The normalized spacial score (nSPS) is 17.7. The molecule has 1 aromatic rings. The molecule has 0 spiro atoms. The second kappa shape index (κ2) is 7.57. The van der Waals surface area contributed by atoms with Crippen molar-refractivity contribution < 1.29 is 17.9 Å². The minimum absolute atomic E-state index is 0.0819. The Kier molecular flexibility index (Phi) is 5.74. The van der Waals surface area contributed by atoms with E-state index in [2.05, 4.69) is 0 Å². The summed E-state index contributed by atoms with van der Waals surface area (Å²) in [5, 5.41) is 8.68. The first-order valence-electron chi connectivity index (χ1n) is 7.66. The van der Waals surface area contributed by atoms with Gasteiger partial charge >= 0.3 is 5.97 Å². The van der Waals surface area contributed by atoms with Gasteiger partial charge in [-0.1, -0.05) is 18.9 Å². The quantitative estimate of drug-likeness (QED) is 0.787. The lowest BCUT2D eigenvalue weighted by molar-refractivity contribution is 0.0435. The molecule has 1 aromatic carbocycles. The van der Waals surface area contributed by atoms with E-state index in [1.807, 2.05) is 0 Å². The summed E-state index contributed by atoms with van der Waals surface area (Å²) in [4.78, 5) is 12.0. The molecule has 23 heavy (non-hydrogen) atoms. The van der Waals surface area contributed by atoms with Gasteiger partial charge in [0.15, 0.2) is 6.10 Å². The second-order valence-corrected chi connectivity index (χ2v) is 7.46. The number of carbonyl (C=O) groups is 1. The minimum atomic E-state index is -3.61.